The normalized spacial score (nSPS) is 18.4. The molecule has 0 amide bonds. The van der Waals surface area contributed by atoms with Crippen LogP contribution in [0.5, 0.6) is 0 Å². The molecule has 106 valence electrons. The number of aromatic nitrogens is 1. The van der Waals surface area contributed by atoms with Crippen LogP contribution in [-0.4, -0.2) is 29.1 Å². The van der Waals surface area contributed by atoms with Crippen molar-refractivity contribution >= 4 is 22.6 Å². The average molecular weight is 281 g/mol. The third-order valence-electron chi connectivity index (χ3n) is 3.95. The summed E-state index contributed by atoms with van der Waals surface area (Å²) in [7, 11) is 0. The number of anilines is 1. The largest absolute Gasteiger partial charge is 0.481 e. The highest BCUT2D eigenvalue weighted by atomic mass is 16.4. The molecule has 0 saturated carbocycles. The Morgan fingerprint density at radius 3 is 3.00 bits per heavy atom. The van der Waals surface area contributed by atoms with E-state index in [1.54, 1.807) is 6.20 Å². The van der Waals surface area contributed by atoms with Gasteiger partial charge in [0.05, 0.1) is 22.7 Å². The van der Waals surface area contributed by atoms with Crippen molar-refractivity contribution < 1.29 is 9.90 Å². The predicted molar refractivity (Wildman–Crippen MR) is 79.0 cm³/mol. The SMILES string of the molecule is N#Cc1cnc2ccccc2c1N1CCCC(C(=O)O)C1. The van der Waals surface area contributed by atoms with Crippen molar-refractivity contribution in [1.82, 2.24) is 4.98 Å². The molecule has 5 heteroatoms. The molecular weight excluding hydrogens is 266 g/mol. The summed E-state index contributed by atoms with van der Waals surface area (Å²) in [4.78, 5) is 17.6. The molecule has 5 nitrogen and oxygen atoms in total. The quantitative estimate of drug-likeness (QED) is 0.914. The number of nitrogens with zero attached hydrogens (tertiary/aromatic N) is 3. The van der Waals surface area contributed by atoms with Gasteiger partial charge in [-0.3, -0.25) is 9.78 Å². The van der Waals surface area contributed by atoms with Crippen LogP contribution in [0.3, 0.4) is 0 Å². The second-order valence-corrected chi connectivity index (χ2v) is 5.27. The van der Waals surface area contributed by atoms with E-state index in [-0.39, 0.29) is 5.92 Å². The molecule has 2 heterocycles. The summed E-state index contributed by atoms with van der Waals surface area (Å²) >= 11 is 0. The van der Waals surface area contributed by atoms with Gasteiger partial charge in [-0.05, 0) is 18.9 Å². The number of carboxylic acid groups (broad SMARTS) is 1. The Kier molecular flexibility index (Phi) is 3.44. The molecule has 2 aromatic rings. The first-order valence-corrected chi connectivity index (χ1v) is 6.96. The van der Waals surface area contributed by atoms with E-state index in [0.717, 1.165) is 29.6 Å². The Balaban J connectivity index is 2.10. The summed E-state index contributed by atoms with van der Waals surface area (Å²) in [6.07, 6.45) is 3.08. The Morgan fingerprint density at radius 2 is 2.24 bits per heavy atom. The molecule has 3 rings (SSSR count). The van der Waals surface area contributed by atoms with Crippen LogP contribution in [0.25, 0.3) is 10.9 Å². The first-order valence-electron chi connectivity index (χ1n) is 6.96. The Hall–Kier alpha value is -2.61. The van der Waals surface area contributed by atoms with E-state index in [4.69, 9.17) is 0 Å². The second kappa shape index (κ2) is 5.41. The maximum atomic E-state index is 11.2. The Bertz CT molecular complexity index is 736. The van der Waals surface area contributed by atoms with E-state index in [9.17, 15) is 15.2 Å². The molecule has 21 heavy (non-hydrogen) atoms. The van der Waals surface area contributed by atoms with Crippen LogP contribution in [-0.2, 0) is 4.79 Å². The Morgan fingerprint density at radius 1 is 1.43 bits per heavy atom. The number of piperidine rings is 1. The molecule has 0 radical (unpaired) electrons. The van der Waals surface area contributed by atoms with Crippen molar-refractivity contribution in [2.24, 2.45) is 5.92 Å². The van der Waals surface area contributed by atoms with Crippen molar-refractivity contribution in [1.29, 1.82) is 5.26 Å². The van der Waals surface area contributed by atoms with Crippen molar-refractivity contribution in [2.75, 3.05) is 18.0 Å². The number of benzene rings is 1. The highest BCUT2D eigenvalue weighted by molar-refractivity contribution is 5.94. The summed E-state index contributed by atoms with van der Waals surface area (Å²) in [5, 5.41) is 19.5. The molecular formula is C16H15N3O2. The molecule has 1 aromatic carbocycles. The topological polar surface area (TPSA) is 77.2 Å². The molecule has 1 saturated heterocycles. The van der Waals surface area contributed by atoms with Crippen LogP contribution in [0, 0.1) is 17.2 Å². The highest BCUT2D eigenvalue weighted by Gasteiger charge is 2.27. The second-order valence-electron chi connectivity index (χ2n) is 5.27. The van der Waals surface area contributed by atoms with E-state index in [2.05, 4.69) is 11.1 Å². The van der Waals surface area contributed by atoms with E-state index < -0.39 is 5.97 Å². The zero-order valence-corrected chi connectivity index (χ0v) is 11.5. The minimum atomic E-state index is -0.767. The fourth-order valence-corrected chi connectivity index (χ4v) is 2.93. The first-order chi connectivity index (χ1) is 10.2. The molecule has 0 aliphatic carbocycles. The maximum Gasteiger partial charge on any atom is 0.308 e. The lowest BCUT2D eigenvalue weighted by Crippen LogP contribution is -2.39. The molecule has 0 spiro atoms. The standard InChI is InChI=1S/C16H15N3O2/c17-8-12-9-18-14-6-2-1-5-13(14)15(12)19-7-3-4-11(10-19)16(20)21/h1-2,5-6,9,11H,3-4,7,10H2,(H,20,21). The number of nitriles is 1. The lowest BCUT2D eigenvalue weighted by atomic mass is 9.96. The van der Waals surface area contributed by atoms with Gasteiger partial charge in [0.25, 0.3) is 0 Å². The maximum absolute atomic E-state index is 11.2. The van der Waals surface area contributed by atoms with Crippen molar-refractivity contribution in [3.8, 4) is 6.07 Å². The van der Waals surface area contributed by atoms with Gasteiger partial charge in [-0.25, -0.2) is 0 Å². The molecule has 1 aliphatic rings. The third kappa shape index (κ3) is 2.40. The monoisotopic (exact) mass is 281 g/mol. The zero-order chi connectivity index (χ0) is 14.8. The number of carboxylic acids is 1. The summed E-state index contributed by atoms with van der Waals surface area (Å²) in [5.41, 5.74) is 2.14. The molecule has 1 atom stereocenters. The number of aliphatic carboxylic acids is 1. The van der Waals surface area contributed by atoms with Crippen molar-refractivity contribution in [3.63, 3.8) is 0 Å². The predicted octanol–water partition coefficient (Wildman–Crippen LogP) is 2.41. The molecule has 1 aliphatic heterocycles. The minimum absolute atomic E-state index is 0.378. The van der Waals surface area contributed by atoms with Crippen molar-refractivity contribution in [3.05, 3.63) is 36.0 Å². The first kappa shape index (κ1) is 13.4. The van der Waals surface area contributed by atoms with Gasteiger partial charge < -0.3 is 10.0 Å². The van der Waals surface area contributed by atoms with E-state index in [0.29, 0.717) is 18.5 Å². The fourth-order valence-electron chi connectivity index (χ4n) is 2.93. The summed E-state index contributed by atoms with van der Waals surface area (Å²) in [5.74, 6) is -1.14. The summed E-state index contributed by atoms with van der Waals surface area (Å²) < 4.78 is 0. The third-order valence-corrected chi connectivity index (χ3v) is 3.95. The summed E-state index contributed by atoms with van der Waals surface area (Å²) in [6, 6.07) is 9.83. The van der Waals surface area contributed by atoms with Gasteiger partial charge >= 0.3 is 5.97 Å². The molecule has 1 fully saturated rings. The van der Waals surface area contributed by atoms with E-state index >= 15 is 0 Å². The number of hydrogen-bond acceptors (Lipinski definition) is 4. The lowest BCUT2D eigenvalue weighted by Gasteiger charge is -2.33. The van der Waals surface area contributed by atoms with Crippen LogP contribution in [0.4, 0.5) is 5.69 Å². The zero-order valence-electron chi connectivity index (χ0n) is 11.5. The average Bonchev–Trinajstić information content (AvgIpc) is 2.53. The summed E-state index contributed by atoms with van der Waals surface area (Å²) in [6.45, 7) is 1.21. The number of rotatable bonds is 2. The number of carbonyl (C=O) groups is 1. The van der Waals surface area contributed by atoms with Gasteiger partial charge in [0.15, 0.2) is 0 Å². The smallest absolute Gasteiger partial charge is 0.308 e. The molecule has 1 unspecified atom stereocenters. The highest BCUT2D eigenvalue weighted by Crippen LogP contribution is 2.32. The van der Waals surface area contributed by atoms with Gasteiger partial charge in [0.2, 0.25) is 0 Å². The fraction of sp³-hybridized carbons (Fsp3) is 0.312. The number of hydrogen-bond donors (Lipinski definition) is 1. The number of para-hydroxylation sites is 1. The number of pyridine rings is 1. The van der Waals surface area contributed by atoms with Gasteiger partial charge in [-0.15, -0.1) is 0 Å². The van der Waals surface area contributed by atoms with Gasteiger partial charge in [-0.1, -0.05) is 18.2 Å². The van der Waals surface area contributed by atoms with Gasteiger partial charge in [0, 0.05) is 24.7 Å². The minimum Gasteiger partial charge on any atom is -0.481 e. The van der Waals surface area contributed by atoms with Gasteiger partial charge in [0.1, 0.15) is 6.07 Å². The molecule has 1 aromatic heterocycles. The van der Waals surface area contributed by atoms with Crippen LogP contribution < -0.4 is 4.90 Å². The van der Waals surface area contributed by atoms with Crippen LogP contribution in [0.1, 0.15) is 18.4 Å². The molecule has 1 N–H and O–H groups in total. The Labute approximate surface area is 122 Å². The van der Waals surface area contributed by atoms with Crippen LogP contribution in [0.2, 0.25) is 0 Å². The lowest BCUT2D eigenvalue weighted by molar-refractivity contribution is -0.141. The number of fused-ring (bicyclic) bond motifs is 1. The van der Waals surface area contributed by atoms with Crippen LogP contribution >= 0.6 is 0 Å². The van der Waals surface area contributed by atoms with E-state index in [1.165, 1.54) is 0 Å². The van der Waals surface area contributed by atoms with E-state index in [1.807, 2.05) is 29.2 Å². The van der Waals surface area contributed by atoms with Gasteiger partial charge in [-0.2, -0.15) is 5.26 Å². The van der Waals surface area contributed by atoms with Crippen LogP contribution in [0.15, 0.2) is 30.5 Å². The van der Waals surface area contributed by atoms with Crippen molar-refractivity contribution in [2.45, 2.75) is 12.8 Å². The molecule has 0 bridgehead atoms.